The number of likely N-dealkylation sites (N-methyl/N-ethyl adjacent to an activating group) is 2. The highest BCUT2D eigenvalue weighted by molar-refractivity contribution is 7.80. The van der Waals surface area contributed by atoms with Crippen molar-refractivity contribution in [2.24, 2.45) is 5.73 Å². The lowest BCUT2D eigenvalue weighted by Crippen LogP contribution is -2.48. The molecule has 0 amide bonds. The number of hydrogen-bond donors (Lipinski definition) is 1. The Morgan fingerprint density at radius 3 is 2.44 bits per heavy atom. The van der Waals surface area contributed by atoms with Gasteiger partial charge in [-0.25, -0.2) is 0 Å². The van der Waals surface area contributed by atoms with Gasteiger partial charge in [0.15, 0.2) is 0 Å². The van der Waals surface area contributed by atoms with Crippen LogP contribution in [0.5, 0.6) is 0 Å². The molecule has 2 N–H and O–H groups in total. The van der Waals surface area contributed by atoms with E-state index in [1.54, 1.807) is 0 Å². The SMILES string of the molecule is CC(C(N)=S)N(C)CCN1CCN(C)CC1. The molecule has 1 rings (SSSR count). The average Bonchev–Trinajstić information content (AvgIpc) is 2.26. The van der Waals surface area contributed by atoms with Crippen LogP contribution in [0.1, 0.15) is 6.92 Å². The first-order valence-corrected chi connectivity index (χ1v) is 6.32. The van der Waals surface area contributed by atoms with Gasteiger partial charge >= 0.3 is 0 Å². The Balaban J connectivity index is 2.21. The molecule has 4 nitrogen and oxygen atoms in total. The molecule has 0 aliphatic carbocycles. The topological polar surface area (TPSA) is 35.7 Å². The maximum Gasteiger partial charge on any atom is 0.0899 e. The van der Waals surface area contributed by atoms with Crippen LogP contribution in [0.3, 0.4) is 0 Å². The maximum absolute atomic E-state index is 5.63. The second-order valence-corrected chi connectivity index (χ2v) is 5.18. The quantitative estimate of drug-likeness (QED) is 0.680. The summed E-state index contributed by atoms with van der Waals surface area (Å²) in [4.78, 5) is 7.68. The molecule has 1 atom stereocenters. The van der Waals surface area contributed by atoms with Crippen molar-refractivity contribution < 1.29 is 0 Å². The van der Waals surface area contributed by atoms with Crippen LogP contribution in [-0.2, 0) is 0 Å². The molecule has 94 valence electrons. The van der Waals surface area contributed by atoms with Crippen molar-refractivity contribution in [3.05, 3.63) is 0 Å². The lowest BCUT2D eigenvalue weighted by Gasteiger charge is -2.34. The van der Waals surface area contributed by atoms with E-state index in [0.717, 1.165) is 13.1 Å². The Hall–Kier alpha value is -0.230. The molecule has 1 aliphatic rings. The van der Waals surface area contributed by atoms with Gasteiger partial charge in [-0.15, -0.1) is 0 Å². The molecule has 0 aromatic rings. The molecule has 0 aromatic heterocycles. The van der Waals surface area contributed by atoms with E-state index in [0.29, 0.717) is 4.99 Å². The summed E-state index contributed by atoms with van der Waals surface area (Å²) in [6.45, 7) is 8.90. The lowest BCUT2D eigenvalue weighted by molar-refractivity contribution is 0.138. The molecule has 0 spiro atoms. The van der Waals surface area contributed by atoms with E-state index < -0.39 is 0 Å². The zero-order valence-corrected chi connectivity index (χ0v) is 11.5. The number of nitrogens with zero attached hydrogens (tertiary/aromatic N) is 3. The minimum Gasteiger partial charge on any atom is -0.392 e. The van der Waals surface area contributed by atoms with Gasteiger partial charge in [-0.05, 0) is 21.0 Å². The van der Waals surface area contributed by atoms with Crippen LogP contribution in [0, 0.1) is 0 Å². The Morgan fingerprint density at radius 1 is 1.38 bits per heavy atom. The largest absolute Gasteiger partial charge is 0.392 e. The predicted molar refractivity (Wildman–Crippen MR) is 72.8 cm³/mol. The first-order chi connectivity index (χ1) is 7.50. The van der Waals surface area contributed by atoms with E-state index in [1.165, 1.54) is 26.2 Å². The summed E-state index contributed by atoms with van der Waals surface area (Å²) in [6, 6.07) is 0.197. The highest BCUT2D eigenvalue weighted by Gasteiger charge is 2.16. The Bertz CT molecular complexity index is 226. The van der Waals surface area contributed by atoms with Crippen molar-refractivity contribution in [2.45, 2.75) is 13.0 Å². The van der Waals surface area contributed by atoms with E-state index in [1.807, 2.05) is 0 Å². The second kappa shape index (κ2) is 6.49. The number of rotatable bonds is 5. The second-order valence-electron chi connectivity index (χ2n) is 4.70. The normalized spacial score (nSPS) is 21.2. The fourth-order valence-corrected chi connectivity index (χ4v) is 1.96. The molecular formula is C11H24N4S. The van der Waals surface area contributed by atoms with Crippen molar-refractivity contribution in [1.82, 2.24) is 14.7 Å². The van der Waals surface area contributed by atoms with Crippen molar-refractivity contribution in [3.8, 4) is 0 Å². The Labute approximate surface area is 104 Å². The van der Waals surface area contributed by atoms with Crippen LogP contribution in [0.4, 0.5) is 0 Å². The van der Waals surface area contributed by atoms with Gasteiger partial charge in [0.05, 0.1) is 11.0 Å². The Kier molecular flexibility index (Phi) is 5.61. The fraction of sp³-hybridized carbons (Fsp3) is 0.909. The van der Waals surface area contributed by atoms with E-state index in [2.05, 4.69) is 35.7 Å². The van der Waals surface area contributed by atoms with Crippen LogP contribution in [0.15, 0.2) is 0 Å². The number of thiocarbonyl (C=S) groups is 1. The van der Waals surface area contributed by atoms with Crippen molar-refractivity contribution in [2.75, 3.05) is 53.4 Å². The minimum atomic E-state index is 0.197. The van der Waals surface area contributed by atoms with Crippen LogP contribution in [-0.4, -0.2) is 79.1 Å². The van der Waals surface area contributed by atoms with E-state index >= 15 is 0 Å². The van der Waals surface area contributed by atoms with Crippen molar-refractivity contribution >= 4 is 17.2 Å². The molecule has 0 aromatic carbocycles. The molecular weight excluding hydrogens is 220 g/mol. The highest BCUT2D eigenvalue weighted by Crippen LogP contribution is 2.01. The summed E-state index contributed by atoms with van der Waals surface area (Å²) in [6.07, 6.45) is 0. The van der Waals surface area contributed by atoms with Crippen LogP contribution in [0.25, 0.3) is 0 Å². The molecule has 16 heavy (non-hydrogen) atoms. The molecule has 0 radical (unpaired) electrons. The van der Waals surface area contributed by atoms with E-state index in [9.17, 15) is 0 Å². The van der Waals surface area contributed by atoms with Crippen molar-refractivity contribution in [3.63, 3.8) is 0 Å². The number of hydrogen-bond acceptors (Lipinski definition) is 4. The van der Waals surface area contributed by atoms with E-state index in [-0.39, 0.29) is 6.04 Å². The van der Waals surface area contributed by atoms with Gasteiger partial charge in [-0.1, -0.05) is 12.2 Å². The molecule has 5 heteroatoms. The summed E-state index contributed by atoms with van der Waals surface area (Å²) in [5, 5.41) is 0. The minimum absolute atomic E-state index is 0.197. The van der Waals surface area contributed by atoms with Gasteiger partial charge in [-0.3, -0.25) is 9.80 Å². The van der Waals surface area contributed by atoms with Crippen LogP contribution >= 0.6 is 12.2 Å². The molecule has 1 unspecified atom stereocenters. The summed E-state index contributed by atoms with van der Waals surface area (Å²) in [5.41, 5.74) is 5.63. The zero-order valence-electron chi connectivity index (χ0n) is 10.6. The number of nitrogens with two attached hydrogens (primary N) is 1. The molecule has 1 fully saturated rings. The first kappa shape index (κ1) is 13.8. The van der Waals surface area contributed by atoms with Gasteiger partial charge < -0.3 is 10.6 Å². The third-order valence-electron chi connectivity index (χ3n) is 3.44. The average molecular weight is 244 g/mol. The third kappa shape index (κ3) is 4.33. The third-order valence-corrected chi connectivity index (χ3v) is 3.78. The smallest absolute Gasteiger partial charge is 0.0899 e. The van der Waals surface area contributed by atoms with Crippen LogP contribution in [0.2, 0.25) is 0 Å². The molecule has 1 heterocycles. The van der Waals surface area contributed by atoms with Crippen LogP contribution < -0.4 is 5.73 Å². The summed E-state index contributed by atoms with van der Waals surface area (Å²) < 4.78 is 0. The molecule has 1 saturated heterocycles. The molecule has 0 bridgehead atoms. The molecule has 0 saturated carbocycles. The monoisotopic (exact) mass is 244 g/mol. The Morgan fingerprint density at radius 2 is 1.94 bits per heavy atom. The summed E-state index contributed by atoms with van der Waals surface area (Å²) >= 11 is 5.00. The first-order valence-electron chi connectivity index (χ1n) is 5.91. The van der Waals surface area contributed by atoms with Gasteiger partial charge in [0.25, 0.3) is 0 Å². The lowest BCUT2D eigenvalue weighted by atomic mass is 10.3. The molecule has 1 aliphatic heterocycles. The fourth-order valence-electron chi connectivity index (χ4n) is 1.78. The van der Waals surface area contributed by atoms with Crippen molar-refractivity contribution in [1.29, 1.82) is 0 Å². The van der Waals surface area contributed by atoms with Gasteiger partial charge in [0.1, 0.15) is 0 Å². The van der Waals surface area contributed by atoms with Gasteiger partial charge in [-0.2, -0.15) is 0 Å². The van der Waals surface area contributed by atoms with E-state index in [4.69, 9.17) is 18.0 Å². The predicted octanol–water partition coefficient (Wildman–Crippen LogP) is -0.160. The summed E-state index contributed by atoms with van der Waals surface area (Å²) in [5.74, 6) is 0. The standard InChI is InChI=1S/C11H24N4S/c1-10(11(12)16)14(3)6-9-15-7-4-13(2)5-8-15/h10H,4-9H2,1-3H3,(H2,12,16). The number of piperazine rings is 1. The zero-order chi connectivity index (χ0) is 12.1. The van der Waals surface area contributed by atoms with Gasteiger partial charge in [0.2, 0.25) is 0 Å². The summed E-state index contributed by atoms with van der Waals surface area (Å²) in [7, 11) is 4.26. The highest BCUT2D eigenvalue weighted by atomic mass is 32.1. The maximum atomic E-state index is 5.63. The van der Waals surface area contributed by atoms with Gasteiger partial charge in [0, 0.05) is 39.3 Å².